The van der Waals surface area contributed by atoms with Gasteiger partial charge in [-0.3, -0.25) is 9.69 Å². The van der Waals surface area contributed by atoms with Crippen LogP contribution >= 0.6 is 11.3 Å². The molecule has 1 atom stereocenters. The average Bonchev–Trinajstić information content (AvgIpc) is 3.31. The Labute approximate surface area is 256 Å². The molecule has 5 fully saturated rings. The zero-order chi connectivity index (χ0) is 29.8. The maximum atomic E-state index is 17.2. The second kappa shape index (κ2) is 9.54. The number of ether oxygens (including phenoxy) is 1. The Morgan fingerprint density at radius 2 is 1.84 bits per heavy atom. The molecule has 13 heteroatoms. The van der Waals surface area contributed by atoms with Crippen LogP contribution in [0.2, 0.25) is 0 Å². The van der Waals surface area contributed by atoms with Gasteiger partial charge in [-0.05, 0) is 83.1 Å². The standard InChI is InChI=1S/C31H34F2N8O2S/c32-19-6-5-18(22-25(19)44-28(34)36-22)24-21(33)23-20(27(42)41(24)17-3-4-17)26(39-14-10-30(15-39)9-11-35-30)38-29(37-23)43-16-31-7-1-12-40(31)13-2-8-31/h5-6,17,35H,1-4,7-16H2,(H2,34,36). The van der Waals surface area contributed by atoms with Crippen molar-refractivity contribution in [1.29, 1.82) is 0 Å². The molecule has 4 saturated heterocycles. The van der Waals surface area contributed by atoms with Gasteiger partial charge in [-0.15, -0.1) is 0 Å². The lowest BCUT2D eigenvalue weighted by Crippen LogP contribution is -2.58. The van der Waals surface area contributed by atoms with Gasteiger partial charge in [0.05, 0.1) is 21.4 Å². The summed E-state index contributed by atoms with van der Waals surface area (Å²) in [6.07, 6.45) is 7.82. The van der Waals surface area contributed by atoms with Crippen LogP contribution in [-0.2, 0) is 0 Å². The highest BCUT2D eigenvalue weighted by Gasteiger charge is 2.46. The van der Waals surface area contributed by atoms with Crippen LogP contribution in [0.4, 0.5) is 19.7 Å². The fourth-order valence-corrected chi connectivity index (χ4v) is 8.93. The highest BCUT2D eigenvalue weighted by Crippen LogP contribution is 2.44. The third-order valence-corrected chi connectivity index (χ3v) is 11.6. The number of rotatable bonds is 6. The molecule has 3 aromatic heterocycles. The minimum Gasteiger partial charge on any atom is -0.461 e. The van der Waals surface area contributed by atoms with Gasteiger partial charge in [0.15, 0.2) is 10.9 Å². The SMILES string of the molecule is Nc1nc2c(-c3c(F)c4nc(OCC56CCCN5CCC6)nc(N5CCC6(CCN6)C5)c4c(=O)n3C3CC3)ccc(F)c2s1. The lowest BCUT2D eigenvalue weighted by molar-refractivity contribution is 0.108. The van der Waals surface area contributed by atoms with E-state index in [2.05, 4.69) is 25.1 Å². The summed E-state index contributed by atoms with van der Waals surface area (Å²) in [6, 6.07) is 2.67. The number of nitrogens with one attached hydrogen (secondary N) is 1. The van der Waals surface area contributed by atoms with Crippen molar-refractivity contribution in [2.75, 3.05) is 50.0 Å². The monoisotopic (exact) mass is 620 g/mol. The quantitative estimate of drug-likeness (QED) is 0.327. The molecule has 1 spiro atoms. The van der Waals surface area contributed by atoms with Gasteiger partial charge >= 0.3 is 6.01 Å². The van der Waals surface area contributed by atoms with Crippen LogP contribution in [0.15, 0.2) is 16.9 Å². The molecule has 4 aliphatic heterocycles. The number of benzene rings is 1. The lowest BCUT2D eigenvalue weighted by Gasteiger charge is -2.39. The van der Waals surface area contributed by atoms with Crippen LogP contribution in [-0.4, -0.2) is 74.8 Å². The molecule has 1 aliphatic carbocycles. The molecule has 7 heterocycles. The molecule has 5 aliphatic rings. The molecule has 0 bridgehead atoms. The maximum Gasteiger partial charge on any atom is 0.319 e. The molecule has 4 aromatic rings. The predicted molar refractivity (Wildman–Crippen MR) is 165 cm³/mol. The van der Waals surface area contributed by atoms with Gasteiger partial charge in [-0.2, -0.15) is 9.97 Å². The van der Waals surface area contributed by atoms with Crippen LogP contribution in [0.5, 0.6) is 6.01 Å². The van der Waals surface area contributed by atoms with Crippen molar-refractivity contribution < 1.29 is 13.5 Å². The van der Waals surface area contributed by atoms with Crippen LogP contribution in [0.3, 0.4) is 0 Å². The number of anilines is 2. The van der Waals surface area contributed by atoms with E-state index in [1.165, 1.54) is 16.7 Å². The minimum atomic E-state index is -0.656. The topological polar surface area (TPSA) is 114 Å². The summed E-state index contributed by atoms with van der Waals surface area (Å²) < 4.78 is 40.0. The minimum absolute atomic E-state index is 0.0102. The van der Waals surface area contributed by atoms with E-state index in [9.17, 15) is 9.18 Å². The number of hydrogen-bond acceptors (Lipinski definition) is 10. The first-order chi connectivity index (χ1) is 21.3. The fourth-order valence-electron chi connectivity index (χ4n) is 8.17. The third kappa shape index (κ3) is 3.94. The number of fused-ring (bicyclic) bond motifs is 3. The first-order valence-electron chi connectivity index (χ1n) is 15.7. The molecule has 0 radical (unpaired) electrons. The Kier molecular flexibility index (Phi) is 5.84. The van der Waals surface area contributed by atoms with Crippen molar-refractivity contribution in [3.8, 4) is 17.3 Å². The van der Waals surface area contributed by atoms with Gasteiger partial charge in [0, 0.05) is 30.2 Å². The van der Waals surface area contributed by atoms with Crippen molar-refractivity contribution in [2.24, 2.45) is 0 Å². The molecule has 3 N–H and O–H groups in total. The van der Waals surface area contributed by atoms with Crippen molar-refractivity contribution in [2.45, 2.75) is 68.5 Å². The van der Waals surface area contributed by atoms with E-state index in [1.807, 2.05) is 0 Å². The summed E-state index contributed by atoms with van der Waals surface area (Å²) in [7, 11) is 0. The number of halogens is 2. The first kappa shape index (κ1) is 26.9. The van der Waals surface area contributed by atoms with E-state index in [0.717, 1.165) is 82.3 Å². The molecular weight excluding hydrogens is 586 g/mol. The smallest absolute Gasteiger partial charge is 0.319 e. The van der Waals surface area contributed by atoms with Crippen molar-refractivity contribution >= 4 is 43.4 Å². The second-order valence-electron chi connectivity index (χ2n) is 13.3. The Morgan fingerprint density at radius 3 is 2.55 bits per heavy atom. The molecule has 10 nitrogen and oxygen atoms in total. The maximum absolute atomic E-state index is 17.2. The van der Waals surface area contributed by atoms with E-state index in [4.69, 9.17) is 15.5 Å². The number of pyridine rings is 1. The van der Waals surface area contributed by atoms with Crippen LogP contribution in [0.25, 0.3) is 32.4 Å². The van der Waals surface area contributed by atoms with Gasteiger partial charge in [0.25, 0.3) is 5.56 Å². The Hall–Kier alpha value is -3.42. The van der Waals surface area contributed by atoms with Crippen molar-refractivity contribution in [3.05, 3.63) is 34.1 Å². The van der Waals surface area contributed by atoms with Crippen LogP contribution < -0.4 is 26.2 Å². The number of nitrogens with zero attached hydrogens (tertiary/aromatic N) is 6. The molecule has 1 saturated carbocycles. The predicted octanol–water partition coefficient (Wildman–Crippen LogP) is 4.21. The van der Waals surface area contributed by atoms with E-state index in [1.54, 1.807) is 0 Å². The van der Waals surface area contributed by atoms with E-state index >= 15 is 4.39 Å². The highest BCUT2D eigenvalue weighted by molar-refractivity contribution is 7.22. The molecule has 0 amide bonds. The average molecular weight is 621 g/mol. The van der Waals surface area contributed by atoms with Crippen molar-refractivity contribution in [3.63, 3.8) is 0 Å². The Bertz CT molecular complexity index is 1890. The number of thiazole rings is 1. The summed E-state index contributed by atoms with van der Waals surface area (Å²) in [5, 5.41) is 3.90. The Balaban J connectivity index is 1.25. The molecular formula is C31H34F2N8O2S. The summed E-state index contributed by atoms with van der Waals surface area (Å²) in [6.45, 7) is 4.88. The lowest BCUT2D eigenvalue weighted by atomic mass is 9.87. The normalized spacial score (nSPS) is 24.5. The molecule has 230 valence electrons. The number of nitrogens with two attached hydrogens (primary N) is 1. The van der Waals surface area contributed by atoms with E-state index in [-0.39, 0.29) is 60.6 Å². The summed E-state index contributed by atoms with van der Waals surface area (Å²) in [5.74, 6) is -0.717. The highest BCUT2D eigenvalue weighted by atomic mass is 32.1. The molecule has 9 rings (SSSR count). The van der Waals surface area contributed by atoms with Gasteiger partial charge in [-0.25, -0.2) is 13.8 Å². The summed E-state index contributed by atoms with van der Waals surface area (Å²) >= 11 is 1.01. The zero-order valence-electron chi connectivity index (χ0n) is 24.4. The summed E-state index contributed by atoms with van der Waals surface area (Å²) in [4.78, 5) is 32.9. The zero-order valence-corrected chi connectivity index (χ0v) is 25.2. The van der Waals surface area contributed by atoms with Crippen LogP contribution in [0.1, 0.15) is 57.4 Å². The van der Waals surface area contributed by atoms with Gasteiger partial charge in [0.2, 0.25) is 0 Å². The first-order valence-corrected chi connectivity index (χ1v) is 16.5. The van der Waals surface area contributed by atoms with Gasteiger partial charge < -0.3 is 25.3 Å². The van der Waals surface area contributed by atoms with E-state index < -0.39 is 11.6 Å². The van der Waals surface area contributed by atoms with E-state index in [0.29, 0.717) is 31.1 Å². The number of aromatic nitrogens is 4. The molecule has 1 aromatic carbocycles. The largest absolute Gasteiger partial charge is 0.461 e. The van der Waals surface area contributed by atoms with Crippen molar-refractivity contribution in [1.82, 2.24) is 29.7 Å². The fraction of sp³-hybridized carbons (Fsp3) is 0.548. The van der Waals surface area contributed by atoms with Gasteiger partial charge in [-0.1, -0.05) is 11.3 Å². The third-order valence-electron chi connectivity index (χ3n) is 10.7. The molecule has 44 heavy (non-hydrogen) atoms. The van der Waals surface area contributed by atoms with Gasteiger partial charge in [0.1, 0.15) is 29.1 Å². The van der Waals surface area contributed by atoms with Crippen LogP contribution in [0, 0.1) is 11.6 Å². The Morgan fingerprint density at radius 1 is 1.05 bits per heavy atom. The molecule has 1 unspecified atom stereocenters. The summed E-state index contributed by atoms with van der Waals surface area (Å²) in [5.41, 5.74) is 6.12. The number of hydrogen-bond donors (Lipinski definition) is 2. The number of nitrogen functional groups attached to an aromatic ring is 1. The second-order valence-corrected chi connectivity index (χ2v) is 14.3.